The maximum Gasteiger partial charge on any atom is 2.00 e. The standard InChI is InChI=1S/C53H82N11O15P.Co/c1-24(78-80(75,76)79-44-32(23-65)77-48(74)43(44)73)22-60-40(72)16-17-50(6)30(18-37(57)69)47-53(9)52(8,21-39(59)71)29(12-15-36(56)68)42(64-53)26(3)46-51(7,20-38(58)70)27(10-13-34(54)66)31(61-46)19-33-49(4,5)28(11-14-35(55)67)41(62-33)25(2)45(50)63-47;/h19,24,27-30,32,43-44,47-48,65,73-74H,10-18,20-23H2,1-9H3,(H15,54,55,56,57,58,59,60,61,62,63,64,66,67,68,69,70,71,72,75,76);/q;+2/p-2/t24-,27-,28-,29-,30+,32-,43-,44-,47-,48+,50-,51+,52+,53+;/m1./s1. The molecule has 0 aromatic heterocycles. The Hall–Kier alpha value is -5.22. The van der Waals surface area contributed by atoms with Crippen molar-refractivity contribution < 1.29 is 88.9 Å². The van der Waals surface area contributed by atoms with E-state index in [4.69, 9.17) is 68.5 Å². The second-order valence-electron chi connectivity index (χ2n) is 23.9. The first-order valence-electron chi connectivity index (χ1n) is 26.9. The predicted molar refractivity (Wildman–Crippen MR) is 289 cm³/mol. The molecule has 81 heavy (non-hydrogen) atoms. The molecule has 1 unspecified atom stereocenters. The number of primary amides is 6. The van der Waals surface area contributed by atoms with Crippen molar-refractivity contribution in [2.75, 3.05) is 13.2 Å². The number of phosphoric acid groups is 1. The van der Waals surface area contributed by atoms with Gasteiger partial charge in [0, 0.05) is 108 Å². The quantitative estimate of drug-likeness (QED) is 0.0556. The molecule has 0 spiro atoms. The zero-order chi connectivity index (χ0) is 60.0. The van der Waals surface area contributed by atoms with E-state index in [0.29, 0.717) is 45.4 Å². The number of aliphatic hydroxyl groups excluding tert-OH is 3. The van der Waals surface area contributed by atoms with Crippen LogP contribution in [-0.4, -0.2) is 129 Å². The Bertz CT molecular complexity index is 2800. The summed E-state index contributed by atoms with van der Waals surface area (Å²) in [4.78, 5) is 122. The Morgan fingerprint density at radius 1 is 0.790 bits per heavy atom. The number of hydrogen-bond acceptors (Lipinski definition) is 18. The third kappa shape index (κ3) is 13.3. The third-order valence-electron chi connectivity index (χ3n) is 18.0. The van der Waals surface area contributed by atoms with Gasteiger partial charge in [0.15, 0.2) is 6.29 Å². The number of nitrogens with two attached hydrogens (primary N) is 6. The minimum atomic E-state index is -5.27. The van der Waals surface area contributed by atoms with Crippen molar-refractivity contribution in [1.82, 2.24) is 5.32 Å². The Morgan fingerprint density at radius 2 is 1.36 bits per heavy atom. The van der Waals surface area contributed by atoms with Crippen molar-refractivity contribution in [3.05, 3.63) is 39.6 Å². The molecule has 0 aromatic carbocycles. The third-order valence-corrected chi connectivity index (χ3v) is 19.1. The van der Waals surface area contributed by atoms with Crippen molar-refractivity contribution in [2.45, 2.75) is 175 Å². The van der Waals surface area contributed by atoms with Gasteiger partial charge in [0.2, 0.25) is 41.4 Å². The van der Waals surface area contributed by atoms with Crippen LogP contribution in [0.25, 0.3) is 5.32 Å². The molecule has 0 saturated carbocycles. The van der Waals surface area contributed by atoms with E-state index in [2.05, 4.69) is 5.32 Å². The van der Waals surface area contributed by atoms with E-state index in [1.165, 1.54) is 6.92 Å². The van der Waals surface area contributed by atoms with E-state index >= 15 is 0 Å². The van der Waals surface area contributed by atoms with Gasteiger partial charge in [0.25, 0.3) is 7.82 Å². The minimum Gasteiger partial charge on any atom is -0.756 e. The molecule has 2 fully saturated rings. The van der Waals surface area contributed by atoms with Crippen LogP contribution in [0, 0.1) is 45.3 Å². The molecule has 28 heteroatoms. The summed E-state index contributed by atoms with van der Waals surface area (Å²) in [5.74, 6) is -7.43. The number of amides is 7. The summed E-state index contributed by atoms with van der Waals surface area (Å²) in [5.41, 5.74) is 33.3. The molecule has 26 nitrogen and oxygen atoms in total. The van der Waals surface area contributed by atoms with Crippen molar-refractivity contribution in [1.29, 1.82) is 0 Å². The predicted octanol–water partition coefficient (Wildman–Crippen LogP) is 0.466. The number of nitrogens with one attached hydrogen (secondary N) is 1. The second kappa shape index (κ2) is 24.9. The molecule has 8 bridgehead atoms. The van der Waals surface area contributed by atoms with Gasteiger partial charge in [0.1, 0.15) is 18.3 Å². The maximum absolute atomic E-state index is 14.1. The number of carbonyl (C=O) groups is 7. The SMILES string of the molecule is C/C1=C2/[N-][C@H]([C@H](CC(N)=O)[C@@]2(C)CCC(=O)NC[C@@H](C)OP(=O)([O-])O[C@H]2[C@@H](O)[C@@H](O)O[C@@H]2CO)[C@]2(C)N=C(/C(C)=C3N=C(/C=C4N=C1[C@@H](CCC(N)=O)C\4(C)C)[C@@H](CCC(N)=O)[C@]\3(C)CC(N)=O)[C@@H](CCC(N)=O)[C@]2(C)CC(N)=O.[Co+2]. The summed E-state index contributed by atoms with van der Waals surface area (Å²) >= 11 is 0. The minimum absolute atomic E-state index is 0. The van der Waals surface area contributed by atoms with E-state index in [0.717, 1.165) is 0 Å². The zero-order valence-corrected chi connectivity index (χ0v) is 49.3. The second-order valence-corrected chi connectivity index (χ2v) is 25.2. The van der Waals surface area contributed by atoms with Gasteiger partial charge in [-0.2, -0.15) is 5.70 Å². The summed E-state index contributed by atoms with van der Waals surface area (Å²) in [6, 6.07) is -1.05. The molecule has 1 radical (unpaired) electrons. The van der Waals surface area contributed by atoms with E-state index in [1.807, 2.05) is 40.7 Å². The molecule has 0 aliphatic carbocycles. The number of hydrogen-bond donors (Lipinski definition) is 10. The van der Waals surface area contributed by atoms with Crippen molar-refractivity contribution in [3.63, 3.8) is 0 Å². The summed E-state index contributed by atoms with van der Waals surface area (Å²) in [7, 11) is -5.27. The molecule has 6 heterocycles. The van der Waals surface area contributed by atoms with Crippen molar-refractivity contribution >= 4 is 66.3 Å². The number of nitrogens with zero attached hydrogens (tertiary/aromatic N) is 4. The number of carbonyl (C=O) groups excluding carboxylic acids is 7. The number of aliphatic imine (C=N–C) groups is 3. The Kier molecular flexibility index (Phi) is 20.5. The number of ether oxygens (including phenoxy) is 1. The van der Waals surface area contributed by atoms with Crippen LogP contribution in [0.15, 0.2) is 49.3 Å². The fourth-order valence-corrected chi connectivity index (χ4v) is 14.7. The van der Waals surface area contributed by atoms with Crippen LogP contribution in [0.5, 0.6) is 0 Å². The van der Waals surface area contributed by atoms with Crippen LogP contribution in [0.2, 0.25) is 0 Å². The normalized spacial score (nSPS) is 36.5. The van der Waals surface area contributed by atoms with Gasteiger partial charge in [-0.05, 0) is 81.9 Å². The summed E-state index contributed by atoms with van der Waals surface area (Å²) in [5, 5.41) is 37.9. The first-order valence-corrected chi connectivity index (χ1v) is 28.3. The van der Waals surface area contributed by atoms with Crippen molar-refractivity contribution in [2.24, 2.45) is 94.7 Å². The first kappa shape index (κ1) is 66.6. The van der Waals surface area contributed by atoms with Crippen LogP contribution in [0.1, 0.15) is 133 Å². The molecule has 6 aliphatic heterocycles. The number of allylic oxidation sites excluding steroid dienone is 6. The Morgan fingerprint density at radius 3 is 1.90 bits per heavy atom. The summed E-state index contributed by atoms with van der Waals surface area (Å²) in [6.45, 7) is 14.9. The van der Waals surface area contributed by atoms with E-state index in [9.17, 15) is 58.3 Å². The van der Waals surface area contributed by atoms with Crippen LogP contribution in [0.3, 0.4) is 0 Å². The van der Waals surface area contributed by atoms with Gasteiger partial charge in [-0.1, -0.05) is 40.7 Å². The molecule has 6 aliphatic rings. The van der Waals surface area contributed by atoms with Crippen LogP contribution >= 0.6 is 7.82 Å². The van der Waals surface area contributed by atoms with Gasteiger partial charge < -0.3 is 79.0 Å². The number of aliphatic hydroxyl groups is 3. The smallest absolute Gasteiger partial charge is 0.756 e. The molecule has 451 valence electrons. The van der Waals surface area contributed by atoms with Crippen LogP contribution in [0.4, 0.5) is 0 Å². The van der Waals surface area contributed by atoms with E-state index in [-0.39, 0.29) is 94.0 Å². The van der Waals surface area contributed by atoms with Crippen LogP contribution < -0.4 is 44.6 Å². The van der Waals surface area contributed by atoms with Gasteiger partial charge in [-0.25, -0.2) is 0 Å². The summed E-state index contributed by atoms with van der Waals surface area (Å²) in [6.07, 6.45) is -7.30. The average Bonchev–Trinajstić information content (AvgIpc) is 4.26. The number of phosphoric ester groups is 1. The van der Waals surface area contributed by atoms with Gasteiger partial charge in [-0.15, -0.1) is 0 Å². The van der Waals surface area contributed by atoms with Gasteiger partial charge in [-0.3, -0.25) is 53.1 Å². The fourth-order valence-electron chi connectivity index (χ4n) is 13.6. The monoisotopic (exact) mass is 1200 g/mol. The Labute approximate surface area is 481 Å². The summed E-state index contributed by atoms with van der Waals surface area (Å²) < 4.78 is 28.0. The molecular formula is C53H80CoN11O15P. The van der Waals surface area contributed by atoms with E-state index < -0.39 is 143 Å². The number of fused-ring (bicyclic) bond motifs is 6. The molecule has 2 saturated heterocycles. The van der Waals surface area contributed by atoms with Gasteiger partial charge in [0.05, 0.1) is 23.9 Å². The average molecular weight is 1200 g/mol. The Balaban J connectivity index is 0.0000120. The van der Waals surface area contributed by atoms with Gasteiger partial charge >= 0.3 is 16.8 Å². The topological polar surface area (TPSA) is 467 Å². The van der Waals surface area contributed by atoms with Crippen LogP contribution in [-0.2, 0) is 68.7 Å². The molecule has 7 amide bonds. The molecular weight excluding hydrogens is 1120 g/mol. The zero-order valence-electron chi connectivity index (χ0n) is 47.3. The van der Waals surface area contributed by atoms with E-state index in [1.54, 1.807) is 20.8 Å². The molecule has 0 aromatic rings. The number of rotatable bonds is 25. The molecule has 15 atom stereocenters. The maximum atomic E-state index is 14.1. The largest absolute Gasteiger partial charge is 2.00 e. The van der Waals surface area contributed by atoms with Crippen molar-refractivity contribution in [3.8, 4) is 0 Å². The first-order chi connectivity index (χ1) is 37.0. The fraction of sp³-hybridized carbons (Fsp3) is 0.698. The molecule has 16 N–H and O–H groups in total. The molecule has 6 rings (SSSR count).